The van der Waals surface area contributed by atoms with E-state index in [1.165, 1.54) is 11.7 Å². The van der Waals surface area contributed by atoms with Crippen LogP contribution in [0.25, 0.3) is 11.3 Å². The van der Waals surface area contributed by atoms with E-state index in [0.29, 0.717) is 33.9 Å². The number of aromatic nitrogens is 4. The number of anilines is 1. The maximum absolute atomic E-state index is 12.9. The van der Waals surface area contributed by atoms with Crippen molar-refractivity contribution < 1.29 is 14.3 Å². The minimum atomic E-state index is -0.325. The van der Waals surface area contributed by atoms with Gasteiger partial charge in [0.15, 0.2) is 5.16 Å². The van der Waals surface area contributed by atoms with Crippen LogP contribution in [-0.2, 0) is 4.79 Å². The highest BCUT2D eigenvalue weighted by Crippen LogP contribution is 2.28. The normalized spacial score (nSPS) is 10.9. The topological polar surface area (TPSA) is 99.8 Å². The largest absolute Gasteiger partial charge is 0.495 e. The number of hydrogen-bond donors (Lipinski definition) is 1. The Kier molecular flexibility index (Phi) is 6.85. The minimum Gasteiger partial charge on any atom is -0.495 e. The summed E-state index contributed by atoms with van der Waals surface area (Å²) in [6.45, 7) is 2.47. The van der Waals surface area contributed by atoms with Crippen molar-refractivity contribution >= 4 is 40.6 Å². The van der Waals surface area contributed by atoms with Crippen molar-refractivity contribution in [1.29, 1.82) is 0 Å². The van der Waals surface area contributed by atoms with E-state index >= 15 is 0 Å². The second-order valence-electron chi connectivity index (χ2n) is 6.76. The molecule has 4 rings (SSSR count). The number of ether oxygens (including phenoxy) is 2. The Hall–Kier alpha value is -3.50. The van der Waals surface area contributed by atoms with Crippen LogP contribution in [0.2, 0.25) is 5.02 Å². The first-order chi connectivity index (χ1) is 16.0. The number of carbonyl (C=O) groups excluding carboxylic acids is 1. The SMILES string of the molecule is CCOc1ccc(-n2ccn3c(SCC(=O)Nc4cc(Cl)ccc4OC)nnc3c2=O)cc1. The fourth-order valence-electron chi connectivity index (χ4n) is 3.13. The number of rotatable bonds is 8. The molecule has 0 aliphatic carbocycles. The zero-order valence-electron chi connectivity index (χ0n) is 17.8. The predicted molar refractivity (Wildman–Crippen MR) is 127 cm³/mol. The number of nitrogens with zero attached hydrogens (tertiary/aromatic N) is 4. The van der Waals surface area contributed by atoms with Gasteiger partial charge in [-0.25, -0.2) is 0 Å². The van der Waals surface area contributed by atoms with Gasteiger partial charge < -0.3 is 14.8 Å². The summed E-state index contributed by atoms with van der Waals surface area (Å²) in [6, 6.07) is 12.1. The maximum Gasteiger partial charge on any atom is 0.300 e. The molecule has 0 fully saturated rings. The monoisotopic (exact) mass is 485 g/mol. The molecule has 0 bridgehead atoms. The van der Waals surface area contributed by atoms with Crippen LogP contribution < -0.4 is 20.3 Å². The van der Waals surface area contributed by atoms with E-state index in [4.69, 9.17) is 21.1 Å². The van der Waals surface area contributed by atoms with E-state index < -0.39 is 0 Å². The van der Waals surface area contributed by atoms with Gasteiger partial charge in [-0.2, -0.15) is 0 Å². The zero-order chi connectivity index (χ0) is 23.4. The van der Waals surface area contributed by atoms with Gasteiger partial charge in [0.05, 0.1) is 25.2 Å². The molecule has 0 saturated carbocycles. The maximum atomic E-state index is 12.9. The lowest BCUT2D eigenvalue weighted by atomic mass is 10.3. The minimum absolute atomic E-state index is 0.0540. The highest BCUT2D eigenvalue weighted by Gasteiger charge is 2.15. The molecule has 11 heteroatoms. The smallest absolute Gasteiger partial charge is 0.300 e. The summed E-state index contributed by atoms with van der Waals surface area (Å²) in [5.41, 5.74) is 0.984. The van der Waals surface area contributed by atoms with Gasteiger partial charge in [0, 0.05) is 23.1 Å². The standard InChI is InChI=1S/C22H20ClN5O4S/c1-3-32-16-7-5-15(6-8-16)27-10-11-28-20(21(27)30)25-26-22(28)33-13-19(29)24-17-12-14(23)4-9-18(17)31-2/h4-12H,3,13H2,1-2H3,(H,24,29). The number of amides is 1. The van der Waals surface area contributed by atoms with Gasteiger partial charge in [0.2, 0.25) is 11.6 Å². The number of carbonyl (C=O) groups is 1. The van der Waals surface area contributed by atoms with Gasteiger partial charge >= 0.3 is 5.56 Å². The molecule has 2 aromatic carbocycles. The van der Waals surface area contributed by atoms with Crippen LogP contribution >= 0.6 is 23.4 Å². The molecule has 2 aromatic heterocycles. The van der Waals surface area contributed by atoms with Gasteiger partial charge in [-0.15, -0.1) is 10.2 Å². The Morgan fingerprint density at radius 1 is 1.15 bits per heavy atom. The fraction of sp³-hybridized carbons (Fsp3) is 0.182. The van der Waals surface area contributed by atoms with Crippen molar-refractivity contribution in [2.45, 2.75) is 12.1 Å². The van der Waals surface area contributed by atoms with E-state index in [1.807, 2.05) is 6.92 Å². The molecule has 2 heterocycles. The van der Waals surface area contributed by atoms with E-state index in [2.05, 4.69) is 15.5 Å². The predicted octanol–water partition coefficient (Wildman–Crippen LogP) is 3.67. The molecule has 0 saturated heterocycles. The molecule has 0 atom stereocenters. The number of thioether (sulfide) groups is 1. The highest BCUT2D eigenvalue weighted by atomic mass is 35.5. The van der Waals surface area contributed by atoms with Crippen molar-refractivity contribution in [3.8, 4) is 17.2 Å². The molecule has 4 aromatic rings. The van der Waals surface area contributed by atoms with Crippen molar-refractivity contribution in [2.24, 2.45) is 0 Å². The average molecular weight is 486 g/mol. The second kappa shape index (κ2) is 9.97. The summed E-state index contributed by atoms with van der Waals surface area (Å²) < 4.78 is 13.7. The lowest BCUT2D eigenvalue weighted by molar-refractivity contribution is -0.113. The molecule has 170 valence electrons. The lowest BCUT2D eigenvalue weighted by Gasteiger charge is -2.10. The molecule has 0 radical (unpaired) electrons. The number of fused-ring (bicyclic) bond motifs is 1. The van der Waals surface area contributed by atoms with Crippen LogP contribution in [0.3, 0.4) is 0 Å². The summed E-state index contributed by atoms with van der Waals surface area (Å²) >= 11 is 7.16. The first kappa shape index (κ1) is 22.7. The number of benzene rings is 2. The summed E-state index contributed by atoms with van der Waals surface area (Å²) in [6.07, 6.45) is 3.32. The summed E-state index contributed by atoms with van der Waals surface area (Å²) in [7, 11) is 1.51. The zero-order valence-corrected chi connectivity index (χ0v) is 19.4. The Labute approximate surface area is 198 Å². The Balaban J connectivity index is 1.49. The first-order valence-corrected chi connectivity index (χ1v) is 11.3. The highest BCUT2D eigenvalue weighted by molar-refractivity contribution is 7.99. The van der Waals surface area contributed by atoms with Crippen LogP contribution in [0.1, 0.15) is 6.92 Å². The van der Waals surface area contributed by atoms with Gasteiger partial charge in [-0.3, -0.25) is 18.6 Å². The third-order valence-corrected chi connectivity index (χ3v) is 5.81. The number of halogens is 1. The molecule has 33 heavy (non-hydrogen) atoms. The Morgan fingerprint density at radius 3 is 2.67 bits per heavy atom. The lowest BCUT2D eigenvalue weighted by Crippen LogP contribution is -2.20. The fourth-order valence-corrected chi connectivity index (χ4v) is 4.02. The Bertz CT molecular complexity index is 1350. The van der Waals surface area contributed by atoms with E-state index in [-0.39, 0.29) is 22.9 Å². The van der Waals surface area contributed by atoms with Crippen molar-refractivity contribution in [2.75, 3.05) is 24.8 Å². The summed E-state index contributed by atoms with van der Waals surface area (Å²) in [5.74, 6) is 1.00. The van der Waals surface area contributed by atoms with Crippen LogP contribution in [0.15, 0.2) is 64.8 Å². The Morgan fingerprint density at radius 2 is 1.94 bits per heavy atom. The van der Waals surface area contributed by atoms with Crippen LogP contribution in [0, 0.1) is 0 Å². The van der Waals surface area contributed by atoms with Crippen LogP contribution in [0.5, 0.6) is 11.5 Å². The summed E-state index contributed by atoms with van der Waals surface area (Å²) in [5, 5.41) is 11.8. The third kappa shape index (κ3) is 4.96. The molecule has 0 unspecified atom stereocenters. The molecule has 0 aliphatic rings. The molecular weight excluding hydrogens is 466 g/mol. The average Bonchev–Trinajstić information content (AvgIpc) is 3.23. The van der Waals surface area contributed by atoms with Crippen molar-refractivity contribution in [3.63, 3.8) is 0 Å². The van der Waals surface area contributed by atoms with Gasteiger partial charge in [0.25, 0.3) is 0 Å². The van der Waals surface area contributed by atoms with Crippen LogP contribution in [0.4, 0.5) is 5.69 Å². The van der Waals surface area contributed by atoms with E-state index in [1.54, 1.807) is 59.3 Å². The molecule has 9 nitrogen and oxygen atoms in total. The number of nitrogens with one attached hydrogen (secondary N) is 1. The first-order valence-electron chi connectivity index (χ1n) is 9.96. The van der Waals surface area contributed by atoms with Gasteiger partial charge in [-0.05, 0) is 49.4 Å². The van der Waals surface area contributed by atoms with Crippen molar-refractivity contribution in [3.05, 3.63) is 70.2 Å². The third-order valence-electron chi connectivity index (χ3n) is 4.63. The van der Waals surface area contributed by atoms with Crippen molar-refractivity contribution in [1.82, 2.24) is 19.2 Å². The molecule has 0 spiro atoms. The molecule has 1 N–H and O–H groups in total. The summed E-state index contributed by atoms with van der Waals surface area (Å²) in [4.78, 5) is 25.4. The molecule has 0 aliphatic heterocycles. The van der Waals surface area contributed by atoms with Gasteiger partial charge in [-0.1, -0.05) is 23.4 Å². The van der Waals surface area contributed by atoms with E-state index in [0.717, 1.165) is 17.5 Å². The quantitative estimate of drug-likeness (QED) is 0.380. The van der Waals surface area contributed by atoms with Crippen LogP contribution in [-0.4, -0.2) is 44.5 Å². The molecule has 1 amide bonds. The number of methoxy groups -OCH3 is 1. The van der Waals surface area contributed by atoms with E-state index in [9.17, 15) is 9.59 Å². The second-order valence-corrected chi connectivity index (χ2v) is 8.14. The molecular formula is C22H20ClN5O4S. The number of hydrogen-bond acceptors (Lipinski definition) is 7. The van der Waals surface area contributed by atoms with Gasteiger partial charge in [0.1, 0.15) is 11.5 Å².